The van der Waals surface area contributed by atoms with Gasteiger partial charge in [-0.25, -0.2) is 18.7 Å². The second kappa shape index (κ2) is 10.7. The fraction of sp³-hybridized carbons (Fsp3) is 0.387. The summed E-state index contributed by atoms with van der Waals surface area (Å²) in [5, 5.41) is 11.6. The van der Waals surface area contributed by atoms with Crippen molar-refractivity contribution in [2.24, 2.45) is 17.8 Å². The van der Waals surface area contributed by atoms with Gasteiger partial charge >= 0.3 is 0 Å². The molecule has 1 aromatic heterocycles. The van der Waals surface area contributed by atoms with E-state index in [1.165, 1.54) is 18.5 Å². The van der Waals surface area contributed by atoms with E-state index in [4.69, 9.17) is 0 Å². The van der Waals surface area contributed by atoms with E-state index in [2.05, 4.69) is 23.8 Å². The second-order valence-electron chi connectivity index (χ2n) is 10.8. The Balaban J connectivity index is 1.35. The van der Waals surface area contributed by atoms with E-state index in [0.29, 0.717) is 37.3 Å². The second-order valence-corrected chi connectivity index (χ2v) is 10.8. The van der Waals surface area contributed by atoms with Crippen molar-refractivity contribution in [3.8, 4) is 0 Å². The molecule has 0 spiro atoms. The molecule has 5 atom stereocenters. The first-order valence-electron chi connectivity index (χ1n) is 13.2. The summed E-state index contributed by atoms with van der Waals surface area (Å²) in [5.41, 5.74) is 1.52. The molecule has 1 N–H and O–H groups in total. The molecule has 2 heterocycles. The van der Waals surface area contributed by atoms with Crippen LogP contribution in [0.5, 0.6) is 0 Å². The summed E-state index contributed by atoms with van der Waals surface area (Å²) in [6.45, 7) is 4.93. The zero-order valence-electron chi connectivity index (χ0n) is 21.7. The first kappa shape index (κ1) is 26.2. The zero-order chi connectivity index (χ0) is 26.9. The molecule has 2 unspecified atom stereocenters. The number of aliphatic hydroxyl groups is 1. The van der Waals surface area contributed by atoms with Gasteiger partial charge < -0.3 is 10.0 Å². The average Bonchev–Trinajstić information content (AvgIpc) is 3.36. The number of aromatic nitrogens is 2. The predicted molar refractivity (Wildman–Crippen MR) is 142 cm³/mol. The van der Waals surface area contributed by atoms with Crippen molar-refractivity contribution in [2.45, 2.75) is 44.6 Å². The maximum Gasteiger partial charge on any atom is 0.142 e. The van der Waals surface area contributed by atoms with Crippen molar-refractivity contribution < 1.29 is 18.7 Å². The summed E-state index contributed by atoms with van der Waals surface area (Å²) >= 11 is 0. The Bertz CT molecular complexity index is 1300. The maximum atomic E-state index is 14.8. The van der Waals surface area contributed by atoms with Crippen molar-refractivity contribution in [2.75, 3.05) is 18.0 Å². The van der Waals surface area contributed by atoms with Crippen LogP contribution >= 0.6 is 0 Å². The molecule has 2 aromatic carbocycles. The topological polar surface area (TPSA) is 66.3 Å². The summed E-state index contributed by atoms with van der Waals surface area (Å²) in [6.07, 6.45) is 6.74. The van der Waals surface area contributed by atoms with Gasteiger partial charge in [-0.1, -0.05) is 61.9 Å². The molecule has 5 rings (SSSR count). The first-order chi connectivity index (χ1) is 18.3. The summed E-state index contributed by atoms with van der Waals surface area (Å²) in [5.74, 6) is -1.45. The number of Topliss-reactive ketones (excluding diaryl/α,β-unsaturated/α-hetero) is 1. The number of hydrogen-bond donors (Lipinski definition) is 1. The van der Waals surface area contributed by atoms with Gasteiger partial charge in [-0.05, 0) is 47.9 Å². The van der Waals surface area contributed by atoms with Crippen molar-refractivity contribution in [3.63, 3.8) is 0 Å². The lowest BCUT2D eigenvalue weighted by atomic mass is 9.65. The zero-order valence-corrected chi connectivity index (χ0v) is 21.7. The van der Waals surface area contributed by atoms with E-state index in [0.717, 1.165) is 17.2 Å². The lowest BCUT2D eigenvalue weighted by Gasteiger charge is -2.45. The highest BCUT2D eigenvalue weighted by Crippen LogP contribution is 2.47. The van der Waals surface area contributed by atoms with Crippen LogP contribution in [0.15, 0.2) is 78.8 Å². The van der Waals surface area contributed by atoms with Crippen LogP contribution in [0.4, 0.5) is 14.6 Å². The van der Waals surface area contributed by atoms with Crippen molar-refractivity contribution in [1.82, 2.24) is 9.97 Å². The van der Waals surface area contributed by atoms with Crippen LogP contribution in [0.25, 0.3) is 0 Å². The number of carbonyl (C=O) groups excluding carboxylic acids is 1. The number of carbonyl (C=O) groups is 1. The highest BCUT2D eigenvalue weighted by atomic mass is 19.1. The summed E-state index contributed by atoms with van der Waals surface area (Å²) in [4.78, 5) is 23.8. The number of rotatable bonds is 6. The number of ketones is 1. The Morgan fingerprint density at radius 3 is 2.47 bits per heavy atom. The van der Waals surface area contributed by atoms with Gasteiger partial charge in [0.05, 0.1) is 5.60 Å². The van der Waals surface area contributed by atoms with Gasteiger partial charge in [-0.15, -0.1) is 0 Å². The molecule has 1 aliphatic carbocycles. The number of nitrogens with zero attached hydrogens (tertiary/aromatic N) is 3. The fourth-order valence-corrected chi connectivity index (χ4v) is 6.41. The summed E-state index contributed by atoms with van der Waals surface area (Å²) in [7, 11) is 0. The first-order valence-corrected chi connectivity index (χ1v) is 13.2. The average molecular weight is 518 g/mol. The molecule has 1 aliphatic heterocycles. The third-order valence-corrected chi connectivity index (χ3v) is 8.45. The number of benzene rings is 2. The number of hydrogen-bond acceptors (Lipinski definition) is 5. The van der Waals surface area contributed by atoms with Crippen LogP contribution < -0.4 is 4.90 Å². The molecule has 0 radical (unpaired) electrons. The van der Waals surface area contributed by atoms with E-state index in [1.807, 2.05) is 41.3 Å². The SMILES string of the molecule is CC1CC(=CCC(=O)[C@@H]2CN(c3ccncn3)C[C@H]2c2ccc(F)cc2F)C[C@H](C)C1(O)c1ccccc1. The lowest BCUT2D eigenvalue weighted by Crippen LogP contribution is -2.43. The molecule has 5 nitrogen and oxygen atoms in total. The van der Waals surface area contributed by atoms with Gasteiger partial charge in [-0.2, -0.15) is 0 Å². The minimum atomic E-state index is -0.919. The fourth-order valence-electron chi connectivity index (χ4n) is 6.41. The molecule has 38 heavy (non-hydrogen) atoms. The Hall–Kier alpha value is -3.45. The van der Waals surface area contributed by atoms with Gasteiger partial charge in [-0.3, -0.25) is 4.79 Å². The number of anilines is 1. The Morgan fingerprint density at radius 1 is 1.08 bits per heavy atom. The third-order valence-electron chi connectivity index (χ3n) is 8.45. The van der Waals surface area contributed by atoms with Crippen LogP contribution in [0.1, 0.15) is 50.2 Å². The molecule has 2 fully saturated rings. The van der Waals surface area contributed by atoms with Gasteiger partial charge in [0.25, 0.3) is 0 Å². The molecule has 3 aromatic rings. The molecule has 0 bridgehead atoms. The molecule has 0 amide bonds. The lowest BCUT2D eigenvalue weighted by molar-refractivity contribution is -0.121. The van der Waals surface area contributed by atoms with E-state index in [-0.39, 0.29) is 24.0 Å². The molecule has 2 aliphatic rings. The minimum Gasteiger partial charge on any atom is -0.385 e. The normalized spacial score (nSPS) is 28.6. The Kier molecular flexibility index (Phi) is 7.39. The Morgan fingerprint density at radius 2 is 1.82 bits per heavy atom. The Labute approximate surface area is 222 Å². The molecule has 7 heteroatoms. The summed E-state index contributed by atoms with van der Waals surface area (Å²) < 4.78 is 28.4. The third kappa shape index (κ3) is 4.99. The molecular formula is C31H33F2N3O2. The monoisotopic (exact) mass is 517 g/mol. The largest absolute Gasteiger partial charge is 0.385 e. The van der Waals surface area contributed by atoms with Gasteiger partial charge in [0.2, 0.25) is 0 Å². The molecule has 1 saturated carbocycles. The molecular weight excluding hydrogens is 484 g/mol. The van der Waals surface area contributed by atoms with E-state index >= 15 is 0 Å². The van der Waals surface area contributed by atoms with Crippen LogP contribution in [-0.2, 0) is 10.4 Å². The predicted octanol–water partition coefficient (Wildman–Crippen LogP) is 5.81. The summed E-state index contributed by atoms with van der Waals surface area (Å²) in [6, 6.07) is 15.1. The highest BCUT2D eigenvalue weighted by Gasteiger charge is 2.45. The quantitative estimate of drug-likeness (QED) is 0.418. The smallest absolute Gasteiger partial charge is 0.142 e. The van der Waals surface area contributed by atoms with Gasteiger partial charge in [0, 0.05) is 43.6 Å². The van der Waals surface area contributed by atoms with E-state index < -0.39 is 29.1 Å². The van der Waals surface area contributed by atoms with Crippen molar-refractivity contribution >= 4 is 11.6 Å². The highest BCUT2D eigenvalue weighted by molar-refractivity contribution is 5.85. The number of halogens is 2. The van der Waals surface area contributed by atoms with Gasteiger partial charge in [0.15, 0.2) is 0 Å². The molecule has 1 saturated heterocycles. The standard InChI is InChI=1S/C31H33F2N3O2/c1-20-14-22(15-21(2)31(20,38)23-6-4-3-5-7-23)8-11-29(37)27-18-36(30-12-13-34-19-35-30)17-26(27)25-10-9-24(32)16-28(25)33/h3-10,12-13,16,19-21,26-27,38H,11,14-15,17-18H2,1-2H3/t20-,21?,26-,27+,31?/m0/s1. The molecule has 198 valence electrons. The number of allylic oxidation sites excluding steroid dienone is 2. The van der Waals surface area contributed by atoms with Crippen LogP contribution in [0.3, 0.4) is 0 Å². The van der Waals surface area contributed by atoms with Crippen LogP contribution in [0, 0.1) is 29.4 Å². The van der Waals surface area contributed by atoms with Crippen LogP contribution in [0.2, 0.25) is 0 Å². The van der Waals surface area contributed by atoms with Crippen molar-refractivity contribution in [3.05, 3.63) is 102 Å². The van der Waals surface area contributed by atoms with E-state index in [1.54, 1.807) is 12.3 Å². The maximum absolute atomic E-state index is 14.8. The van der Waals surface area contributed by atoms with Crippen molar-refractivity contribution in [1.29, 1.82) is 0 Å². The van der Waals surface area contributed by atoms with E-state index in [9.17, 15) is 18.7 Å². The van der Waals surface area contributed by atoms with Gasteiger partial charge in [0.1, 0.15) is 29.6 Å². The van der Waals surface area contributed by atoms with Crippen LogP contribution in [-0.4, -0.2) is 33.9 Å². The minimum absolute atomic E-state index is 0.00389.